The quantitative estimate of drug-likeness (QED) is 0.562. The highest BCUT2D eigenvalue weighted by atomic mass is 16.5. The van der Waals surface area contributed by atoms with E-state index in [1.54, 1.807) is 7.11 Å². The molecule has 0 aliphatic rings. The number of ether oxygens (including phenoxy) is 1. The molecule has 0 radical (unpaired) electrons. The van der Waals surface area contributed by atoms with Gasteiger partial charge in [-0.1, -0.05) is 6.92 Å². The lowest BCUT2D eigenvalue weighted by atomic mass is 10.3. The molecule has 118 valence electrons. The number of methoxy groups -OCH3 is 1. The molecule has 1 aromatic heterocycles. The van der Waals surface area contributed by atoms with Gasteiger partial charge in [-0.2, -0.15) is 4.98 Å². The molecule has 0 aliphatic carbocycles. The van der Waals surface area contributed by atoms with E-state index in [2.05, 4.69) is 32.8 Å². The van der Waals surface area contributed by atoms with E-state index in [0.717, 1.165) is 24.5 Å². The second kappa shape index (κ2) is 9.93. The normalized spacial score (nSPS) is 10.2. The third-order valence-corrected chi connectivity index (χ3v) is 2.67. The summed E-state index contributed by atoms with van der Waals surface area (Å²) in [6.45, 7) is 6.43. The van der Waals surface area contributed by atoms with E-state index in [0.29, 0.717) is 32.1 Å². The lowest BCUT2D eigenvalue weighted by molar-refractivity contribution is -0.121. The van der Waals surface area contributed by atoms with Crippen molar-refractivity contribution < 1.29 is 9.53 Å². The first kappa shape index (κ1) is 17.2. The van der Waals surface area contributed by atoms with Crippen molar-refractivity contribution in [2.75, 3.05) is 44.0 Å². The van der Waals surface area contributed by atoms with Crippen LogP contribution >= 0.6 is 0 Å². The summed E-state index contributed by atoms with van der Waals surface area (Å²) in [5, 5.41) is 9.07. The minimum Gasteiger partial charge on any atom is -0.383 e. The number of rotatable bonds is 10. The molecule has 0 spiro atoms. The first-order chi connectivity index (χ1) is 10.2. The zero-order valence-corrected chi connectivity index (χ0v) is 13.0. The van der Waals surface area contributed by atoms with Crippen LogP contribution in [0.4, 0.5) is 11.8 Å². The van der Waals surface area contributed by atoms with Crippen molar-refractivity contribution in [3.05, 3.63) is 11.8 Å². The van der Waals surface area contributed by atoms with Crippen molar-refractivity contribution in [1.82, 2.24) is 15.3 Å². The molecular formula is C14H25N5O2. The van der Waals surface area contributed by atoms with Crippen LogP contribution in [0, 0.1) is 6.92 Å². The maximum Gasteiger partial charge on any atom is 0.224 e. The Kier molecular flexibility index (Phi) is 8.11. The molecule has 1 amide bonds. The van der Waals surface area contributed by atoms with Crippen LogP contribution < -0.4 is 16.0 Å². The Morgan fingerprint density at radius 2 is 2.05 bits per heavy atom. The van der Waals surface area contributed by atoms with Gasteiger partial charge in [0.1, 0.15) is 5.82 Å². The molecule has 0 saturated heterocycles. The van der Waals surface area contributed by atoms with Crippen molar-refractivity contribution in [2.24, 2.45) is 0 Å². The van der Waals surface area contributed by atoms with E-state index in [4.69, 9.17) is 4.74 Å². The molecular weight excluding hydrogens is 270 g/mol. The monoisotopic (exact) mass is 295 g/mol. The Morgan fingerprint density at radius 1 is 1.24 bits per heavy atom. The van der Waals surface area contributed by atoms with Gasteiger partial charge >= 0.3 is 0 Å². The van der Waals surface area contributed by atoms with Crippen LogP contribution in [-0.4, -0.2) is 49.2 Å². The van der Waals surface area contributed by atoms with Crippen LogP contribution in [0.15, 0.2) is 6.07 Å². The first-order valence-electron chi connectivity index (χ1n) is 7.24. The third-order valence-electron chi connectivity index (χ3n) is 2.67. The molecule has 0 unspecified atom stereocenters. The molecule has 7 nitrogen and oxygen atoms in total. The smallest absolute Gasteiger partial charge is 0.224 e. The maximum absolute atomic E-state index is 11.5. The molecule has 0 fully saturated rings. The molecule has 0 bridgehead atoms. The molecule has 0 aliphatic heterocycles. The van der Waals surface area contributed by atoms with Gasteiger partial charge < -0.3 is 20.7 Å². The fourth-order valence-corrected chi connectivity index (χ4v) is 1.66. The fraction of sp³-hybridized carbons (Fsp3) is 0.643. The lowest BCUT2D eigenvalue weighted by Crippen LogP contribution is -2.28. The Balaban J connectivity index is 2.37. The van der Waals surface area contributed by atoms with E-state index in [1.165, 1.54) is 0 Å². The molecule has 0 aromatic carbocycles. The predicted molar refractivity (Wildman–Crippen MR) is 83.5 cm³/mol. The fourth-order valence-electron chi connectivity index (χ4n) is 1.66. The summed E-state index contributed by atoms with van der Waals surface area (Å²) in [4.78, 5) is 20.2. The largest absolute Gasteiger partial charge is 0.383 e. The first-order valence-corrected chi connectivity index (χ1v) is 7.24. The Hall–Kier alpha value is -1.89. The highest BCUT2D eigenvalue weighted by Gasteiger charge is 2.03. The van der Waals surface area contributed by atoms with Crippen molar-refractivity contribution in [3.63, 3.8) is 0 Å². The summed E-state index contributed by atoms with van der Waals surface area (Å²) >= 11 is 0. The van der Waals surface area contributed by atoms with E-state index in [-0.39, 0.29) is 5.91 Å². The van der Waals surface area contributed by atoms with E-state index >= 15 is 0 Å². The van der Waals surface area contributed by atoms with E-state index in [1.807, 2.05) is 13.0 Å². The van der Waals surface area contributed by atoms with Crippen molar-refractivity contribution in [3.8, 4) is 0 Å². The Labute approximate surface area is 125 Å². The molecule has 1 rings (SSSR count). The maximum atomic E-state index is 11.5. The van der Waals surface area contributed by atoms with E-state index in [9.17, 15) is 4.79 Å². The van der Waals surface area contributed by atoms with Crippen molar-refractivity contribution >= 4 is 17.7 Å². The highest BCUT2D eigenvalue weighted by molar-refractivity contribution is 5.76. The van der Waals surface area contributed by atoms with Gasteiger partial charge in [0.25, 0.3) is 0 Å². The van der Waals surface area contributed by atoms with Gasteiger partial charge in [-0.25, -0.2) is 4.98 Å². The highest BCUT2D eigenvalue weighted by Crippen LogP contribution is 2.09. The average Bonchev–Trinajstić information content (AvgIpc) is 2.45. The number of aryl methyl sites for hydroxylation is 1. The van der Waals surface area contributed by atoms with Crippen LogP contribution in [0.5, 0.6) is 0 Å². The molecule has 0 saturated carbocycles. The number of anilines is 2. The zero-order valence-electron chi connectivity index (χ0n) is 13.0. The Bertz CT molecular complexity index is 439. The summed E-state index contributed by atoms with van der Waals surface area (Å²) in [5.41, 5.74) is 0.885. The minimum absolute atomic E-state index is 0.00494. The summed E-state index contributed by atoms with van der Waals surface area (Å²) in [6, 6.07) is 1.86. The number of aromatic nitrogens is 2. The number of amides is 1. The Morgan fingerprint density at radius 3 is 2.76 bits per heavy atom. The molecule has 1 heterocycles. The lowest BCUT2D eigenvalue weighted by Gasteiger charge is -2.09. The molecule has 1 aromatic rings. The van der Waals surface area contributed by atoms with Crippen molar-refractivity contribution in [1.29, 1.82) is 0 Å². The van der Waals surface area contributed by atoms with Gasteiger partial charge in [-0.15, -0.1) is 0 Å². The minimum atomic E-state index is -0.00494. The average molecular weight is 295 g/mol. The van der Waals surface area contributed by atoms with Crippen LogP contribution in [-0.2, 0) is 9.53 Å². The SMILES string of the molecule is CCCNc1nc(C)cc(NCCC(=O)NCCOC)n1. The number of hydrogen-bond acceptors (Lipinski definition) is 6. The predicted octanol–water partition coefficient (Wildman–Crippen LogP) is 1.17. The van der Waals surface area contributed by atoms with Gasteiger partial charge in [0.05, 0.1) is 6.61 Å². The zero-order chi connectivity index (χ0) is 15.5. The van der Waals surface area contributed by atoms with Gasteiger partial charge in [0.15, 0.2) is 0 Å². The standard InChI is InChI=1S/C14H25N5O2/c1-4-6-17-14-18-11(2)10-12(19-14)15-7-5-13(20)16-8-9-21-3/h10H,4-9H2,1-3H3,(H,16,20)(H2,15,17,18,19). The molecule has 3 N–H and O–H groups in total. The number of nitrogens with zero attached hydrogens (tertiary/aromatic N) is 2. The van der Waals surface area contributed by atoms with Crippen LogP contribution in [0.1, 0.15) is 25.5 Å². The number of carbonyl (C=O) groups is 1. The van der Waals surface area contributed by atoms with Gasteiger partial charge in [0, 0.05) is 44.9 Å². The second-order valence-corrected chi connectivity index (χ2v) is 4.66. The topological polar surface area (TPSA) is 88.2 Å². The van der Waals surface area contributed by atoms with Crippen LogP contribution in [0.3, 0.4) is 0 Å². The van der Waals surface area contributed by atoms with E-state index < -0.39 is 0 Å². The van der Waals surface area contributed by atoms with Gasteiger partial charge in [-0.3, -0.25) is 4.79 Å². The number of hydrogen-bond donors (Lipinski definition) is 3. The molecule has 0 atom stereocenters. The third kappa shape index (κ3) is 7.45. The number of nitrogens with one attached hydrogen (secondary N) is 3. The van der Waals surface area contributed by atoms with Crippen LogP contribution in [0.2, 0.25) is 0 Å². The van der Waals surface area contributed by atoms with Gasteiger partial charge in [0.2, 0.25) is 11.9 Å². The van der Waals surface area contributed by atoms with Crippen molar-refractivity contribution in [2.45, 2.75) is 26.7 Å². The number of carbonyl (C=O) groups excluding carboxylic acids is 1. The second-order valence-electron chi connectivity index (χ2n) is 4.66. The summed E-state index contributed by atoms with van der Waals surface area (Å²) < 4.78 is 4.87. The summed E-state index contributed by atoms with van der Waals surface area (Å²) in [5.74, 6) is 1.34. The summed E-state index contributed by atoms with van der Waals surface area (Å²) in [7, 11) is 1.61. The summed E-state index contributed by atoms with van der Waals surface area (Å²) in [6.07, 6.45) is 1.41. The van der Waals surface area contributed by atoms with Gasteiger partial charge in [-0.05, 0) is 13.3 Å². The molecule has 21 heavy (non-hydrogen) atoms. The van der Waals surface area contributed by atoms with Crippen LogP contribution in [0.25, 0.3) is 0 Å². The molecule has 7 heteroatoms.